The van der Waals surface area contributed by atoms with Gasteiger partial charge in [0.15, 0.2) is 0 Å². The first kappa shape index (κ1) is 35.2. The molecule has 282 valence electrons. The van der Waals surface area contributed by atoms with Crippen molar-refractivity contribution in [2.75, 3.05) is 4.90 Å². The molecule has 0 spiro atoms. The zero-order valence-electron chi connectivity index (χ0n) is 33.0. The van der Waals surface area contributed by atoms with Crippen molar-refractivity contribution in [2.24, 2.45) is 0 Å². The Labute approximate surface area is 350 Å². The fourth-order valence-electron chi connectivity index (χ4n) is 9.01. The van der Waals surface area contributed by atoms with Gasteiger partial charge in [0.2, 0.25) is 0 Å². The molecule has 0 aliphatic carbocycles. The molecule has 0 unspecified atom stereocenters. The van der Waals surface area contributed by atoms with Gasteiger partial charge in [-0.25, -0.2) is 0 Å². The van der Waals surface area contributed by atoms with Crippen molar-refractivity contribution >= 4 is 49.6 Å². The quantitative estimate of drug-likeness (QED) is 0.150. The SMILES string of the molecule is c1ccc(-c2ccc(N(c3cccc(-c4ccccc4-c4ccccc4)c3)c3ccc4c5ccccc5n(-c5ccccc5-c5cccc6ccccc56)c4c3)cc2)cc1. The molecule has 2 heteroatoms. The lowest BCUT2D eigenvalue weighted by molar-refractivity contribution is 1.18. The van der Waals surface area contributed by atoms with Crippen molar-refractivity contribution in [3.63, 3.8) is 0 Å². The minimum absolute atomic E-state index is 1.08. The average Bonchev–Trinajstić information content (AvgIpc) is 3.66. The number of hydrogen-bond acceptors (Lipinski definition) is 1. The largest absolute Gasteiger partial charge is 0.310 e. The van der Waals surface area contributed by atoms with Crippen LogP contribution in [0.5, 0.6) is 0 Å². The summed E-state index contributed by atoms with van der Waals surface area (Å²) in [5.74, 6) is 0. The van der Waals surface area contributed by atoms with Crippen molar-refractivity contribution in [2.45, 2.75) is 0 Å². The maximum absolute atomic E-state index is 2.47. The molecule has 0 aliphatic rings. The van der Waals surface area contributed by atoms with Crippen LogP contribution in [0.3, 0.4) is 0 Å². The average molecular weight is 765 g/mol. The number of fused-ring (bicyclic) bond motifs is 4. The predicted molar refractivity (Wildman–Crippen MR) is 255 cm³/mol. The monoisotopic (exact) mass is 764 g/mol. The molecule has 0 amide bonds. The molecule has 0 aliphatic heterocycles. The second-order valence-electron chi connectivity index (χ2n) is 15.3. The molecule has 11 aromatic rings. The lowest BCUT2D eigenvalue weighted by atomic mass is 9.94. The van der Waals surface area contributed by atoms with Crippen LogP contribution in [0.15, 0.2) is 243 Å². The molecule has 0 bridgehead atoms. The molecular weight excluding hydrogens is 725 g/mol. The Bertz CT molecular complexity index is 3300. The smallest absolute Gasteiger partial charge is 0.0562 e. The van der Waals surface area contributed by atoms with Gasteiger partial charge in [-0.15, -0.1) is 0 Å². The Morgan fingerprint density at radius 3 is 1.58 bits per heavy atom. The molecule has 60 heavy (non-hydrogen) atoms. The maximum Gasteiger partial charge on any atom is 0.0562 e. The molecule has 11 rings (SSSR count). The molecule has 0 saturated carbocycles. The van der Waals surface area contributed by atoms with Crippen LogP contribution >= 0.6 is 0 Å². The third kappa shape index (κ3) is 6.23. The first-order valence-corrected chi connectivity index (χ1v) is 20.6. The summed E-state index contributed by atoms with van der Waals surface area (Å²) in [7, 11) is 0. The van der Waals surface area contributed by atoms with Crippen LogP contribution in [0, 0.1) is 0 Å². The van der Waals surface area contributed by atoms with E-state index in [0.29, 0.717) is 0 Å². The lowest BCUT2D eigenvalue weighted by Gasteiger charge is -2.27. The number of benzene rings is 10. The highest BCUT2D eigenvalue weighted by Crippen LogP contribution is 2.43. The van der Waals surface area contributed by atoms with E-state index in [-0.39, 0.29) is 0 Å². The summed E-state index contributed by atoms with van der Waals surface area (Å²) >= 11 is 0. The Morgan fingerprint density at radius 2 is 0.783 bits per heavy atom. The van der Waals surface area contributed by atoms with Crippen LogP contribution in [-0.4, -0.2) is 4.57 Å². The van der Waals surface area contributed by atoms with Crippen molar-refractivity contribution in [1.29, 1.82) is 0 Å². The van der Waals surface area contributed by atoms with Gasteiger partial charge in [-0.2, -0.15) is 0 Å². The summed E-state index contributed by atoms with van der Waals surface area (Å²) in [6.45, 7) is 0. The van der Waals surface area contributed by atoms with E-state index in [0.717, 1.165) is 33.8 Å². The number of aromatic nitrogens is 1. The van der Waals surface area contributed by atoms with Crippen molar-refractivity contribution in [1.82, 2.24) is 4.57 Å². The Morgan fingerprint density at radius 1 is 0.267 bits per heavy atom. The van der Waals surface area contributed by atoms with E-state index in [1.807, 2.05) is 0 Å². The van der Waals surface area contributed by atoms with Gasteiger partial charge in [0.25, 0.3) is 0 Å². The summed E-state index contributed by atoms with van der Waals surface area (Å²) in [6, 6.07) is 87.9. The van der Waals surface area contributed by atoms with E-state index in [9.17, 15) is 0 Å². The Kier molecular flexibility index (Phi) is 8.87. The molecule has 1 aromatic heterocycles. The van der Waals surface area contributed by atoms with Gasteiger partial charge in [-0.1, -0.05) is 194 Å². The zero-order valence-corrected chi connectivity index (χ0v) is 33.0. The second kappa shape index (κ2) is 15.1. The van der Waals surface area contributed by atoms with Crippen LogP contribution < -0.4 is 4.90 Å². The minimum Gasteiger partial charge on any atom is -0.310 e. The predicted octanol–water partition coefficient (Wildman–Crippen LogP) is 16.1. The molecule has 2 nitrogen and oxygen atoms in total. The van der Waals surface area contributed by atoms with E-state index in [1.54, 1.807) is 0 Å². The topological polar surface area (TPSA) is 8.17 Å². The number of rotatable bonds is 8. The third-order valence-corrected chi connectivity index (χ3v) is 11.8. The van der Waals surface area contributed by atoms with Gasteiger partial charge in [0.05, 0.1) is 16.7 Å². The number of hydrogen-bond donors (Lipinski definition) is 0. The Hall–Kier alpha value is -7.94. The van der Waals surface area contributed by atoms with E-state index >= 15 is 0 Å². The van der Waals surface area contributed by atoms with E-state index < -0.39 is 0 Å². The molecule has 0 saturated heterocycles. The summed E-state index contributed by atoms with van der Waals surface area (Å²) in [4.78, 5) is 2.40. The maximum atomic E-state index is 2.47. The van der Waals surface area contributed by atoms with Crippen LogP contribution in [0.2, 0.25) is 0 Å². The van der Waals surface area contributed by atoms with Gasteiger partial charge in [-0.3, -0.25) is 0 Å². The van der Waals surface area contributed by atoms with E-state index in [4.69, 9.17) is 0 Å². The zero-order chi connectivity index (χ0) is 39.8. The fraction of sp³-hybridized carbons (Fsp3) is 0. The van der Waals surface area contributed by atoms with Crippen LogP contribution in [-0.2, 0) is 0 Å². The summed E-state index contributed by atoms with van der Waals surface area (Å²) in [5, 5.41) is 4.92. The normalized spacial score (nSPS) is 11.3. The van der Waals surface area contributed by atoms with E-state index in [1.165, 1.54) is 66.0 Å². The van der Waals surface area contributed by atoms with Crippen molar-refractivity contribution in [3.05, 3.63) is 243 Å². The molecular formula is C58H40N2. The van der Waals surface area contributed by atoms with Gasteiger partial charge < -0.3 is 9.47 Å². The lowest BCUT2D eigenvalue weighted by Crippen LogP contribution is -2.10. The highest BCUT2D eigenvalue weighted by Gasteiger charge is 2.20. The third-order valence-electron chi connectivity index (χ3n) is 11.8. The van der Waals surface area contributed by atoms with Gasteiger partial charge in [-0.05, 0) is 98.2 Å². The second-order valence-corrected chi connectivity index (χ2v) is 15.3. The summed E-state index contributed by atoms with van der Waals surface area (Å²) < 4.78 is 2.47. The molecule has 0 radical (unpaired) electrons. The fourth-order valence-corrected chi connectivity index (χ4v) is 9.01. The van der Waals surface area contributed by atoms with E-state index in [2.05, 4.69) is 252 Å². The van der Waals surface area contributed by atoms with Crippen molar-refractivity contribution < 1.29 is 0 Å². The van der Waals surface area contributed by atoms with Crippen LogP contribution in [0.4, 0.5) is 17.1 Å². The summed E-state index contributed by atoms with van der Waals surface area (Å²) in [6.07, 6.45) is 0. The molecule has 1 heterocycles. The first-order chi connectivity index (χ1) is 29.8. The molecule has 0 N–H and O–H groups in total. The highest BCUT2D eigenvalue weighted by atomic mass is 15.1. The first-order valence-electron chi connectivity index (χ1n) is 20.6. The molecule has 10 aromatic carbocycles. The van der Waals surface area contributed by atoms with Crippen LogP contribution in [0.1, 0.15) is 0 Å². The summed E-state index contributed by atoms with van der Waals surface area (Å²) in [5.41, 5.74) is 16.3. The van der Waals surface area contributed by atoms with Crippen LogP contribution in [0.25, 0.3) is 82.8 Å². The Balaban J connectivity index is 1.12. The van der Waals surface area contributed by atoms with Gasteiger partial charge >= 0.3 is 0 Å². The van der Waals surface area contributed by atoms with Gasteiger partial charge in [0.1, 0.15) is 0 Å². The van der Waals surface area contributed by atoms with Crippen molar-refractivity contribution in [3.8, 4) is 50.2 Å². The number of anilines is 3. The van der Waals surface area contributed by atoms with Gasteiger partial charge in [0, 0.05) is 33.4 Å². The highest BCUT2D eigenvalue weighted by molar-refractivity contribution is 6.11. The molecule has 0 atom stereocenters. The number of nitrogens with zero attached hydrogens (tertiary/aromatic N) is 2. The number of para-hydroxylation sites is 2. The standard InChI is InChI=1S/C58H40N2/c1-3-17-41(18-4-1)42-33-35-46(36-34-42)59(47-24-15-23-45(39-47)51-27-10-9-25-49(51)43-19-5-2-6-20-43)48-37-38-55-54-29-12-14-32-57(54)60(58(55)40-48)56-31-13-11-28-53(56)52-30-16-22-44-21-7-8-26-50(44)52/h1-40H. The molecule has 0 fully saturated rings. The minimum atomic E-state index is 1.08.